The number of anilines is 2. The molecule has 14 heteroatoms. The van der Waals surface area contributed by atoms with E-state index in [2.05, 4.69) is 16.0 Å². The van der Waals surface area contributed by atoms with Crippen LogP contribution >= 0.6 is 0 Å². The van der Waals surface area contributed by atoms with Crippen molar-refractivity contribution in [3.63, 3.8) is 0 Å². The highest BCUT2D eigenvalue weighted by atomic mass is 16.5. The molecule has 1 aliphatic heterocycles. The fourth-order valence-corrected chi connectivity index (χ4v) is 7.10. The SMILES string of the molecule is COc1ccc([C@@H](CC(N)=O)NC(=O)C(CC(C)C)N2C(=O)N(Cc3ccc(NC(=O)Nc4ccccc4C)cc3)C3(CCC(=O)CC3)C2=O)cc1OC. The number of amides is 7. The van der Waals surface area contributed by atoms with Gasteiger partial charge in [0.25, 0.3) is 5.91 Å². The lowest BCUT2D eigenvalue weighted by molar-refractivity contribution is -0.142. The molecule has 1 unspecified atom stereocenters. The standard InChI is InChI=1S/C40H48N6O8/c1-24(2)20-32(36(49)43-31(22-35(41)48)27-12-15-33(53-4)34(21-27)54-5)46-37(50)40(18-16-29(47)17-19-40)45(39(46)52)23-26-10-13-28(14-11-26)42-38(51)44-30-9-7-6-8-25(30)3/h6-15,21,24,31-32H,16-20,22-23H2,1-5H3,(H2,41,48)(H,43,49)(H2,42,44,51)/t31-,32?/m1/s1. The average molecular weight is 741 g/mol. The number of nitrogens with zero attached hydrogens (tertiary/aromatic N) is 2. The van der Waals surface area contributed by atoms with Gasteiger partial charge in [-0.3, -0.25) is 19.2 Å². The van der Waals surface area contributed by atoms with Crippen LogP contribution in [0.25, 0.3) is 0 Å². The van der Waals surface area contributed by atoms with E-state index < -0.39 is 47.4 Å². The van der Waals surface area contributed by atoms with Crippen LogP contribution in [0.1, 0.15) is 75.1 Å². The number of methoxy groups -OCH3 is 2. The van der Waals surface area contributed by atoms with Crippen LogP contribution in [0.2, 0.25) is 0 Å². The number of hydrogen-bond acceptors (Lipinski definition) is 8. The second-order valence-corrected chi connectivity index (χ2v) is 14.2. The number of aryl methyl sites for hydroxylation is 1. The van der Waals surface area contributed by atoms with Gasteiger partial charge in [0.05, 0.1) is 26.7 Å². The maximum atomic E-state index is 14.6. The highest BCUT2D eigenvalue weighted by Gasteiger charge is 2.60. The summed E-state index contributed by atoms with van der Waals surface area (Å²) < 4.78 is 10.8. The zero-order chi connectivity index (χ0) is 39.2. The normalized spacial score (nSPS) is 16.3. The summed E-state index contributed by atoms with van der Waals surface area (Å²) in [5.41, 5.74) is 7.57. The third kappa shape index (κ3) is 8.64. The number of rotatable bonds is 14. The zero-order valence-corrected chi connectivity index (χ0v) is 31.3. The highest BCUT2D eigenvalue weighted by Crippen LogP contribution is 2.42. The molecule has 1 heterocycles. The summed E-state index contributed by atoms with van der Waals surface area (Å²) in [6.45, 7) is 5.68. The van der Waals surface area contributed by atoms with Crippen LogP contribution in [-0.4, -0.2) is 71.2 Å². The first-order valence-electron chi connectivity index (χ1n) is 18.0. The summed E-state index contributed by atoms with van der Waals surface area (Å²) in [6.07, 6.45) is 0.363. The Labute approximate surface area is 314 Å². The number of Topliss-reactive ketones (excluding diaryl/α,β-unsaturated/α-hetero) is 1. The number of ether oxygens (including phenoxy) is 2. The minimum absolute atomic E-state index is 0.000592. The average Bonchev–Trinajstić information content (AvgIpc) is 3.33. The molecule has 7 amide bonds. The van der Waals surface area contributed by atoms with Crippen molar-refractivity contribution in [3.05, 3.63) is 83.4 Å². The first-order valence-corrected chi connectivity index (χ1v) is 18.0. The van der Waals surface area contributed by atoms with Gasteiger partial charge in [0.1, 0.15) is 17.4 Å². The van der Waals surface area contributed by atoms with Crippen LogP contribution in [0.3, 0.4) is 0 Å². The molecule has 3 aromatic rings. The van der Waals surface area contributed by atoms with Crippen molar-refractivity contribution in [1.29, 1.82) is 0 Å². The minimum Gasteiger partial charge on any atom is -0.493 e. The van der Waals surface area contributed by atoms with Gasteiger partial charge in [-0.2, -0.15) is 0 Å². The molecule has 0 aromatic heterocycles. The van der Waals surface area contributed by atoms with Crippen molar-refractivity contribution < 1.29 is 38.2 Å². The lowest BCUT2D eigenvalue weighted by Gasteiger charge is -2.37. The molecule has 1 saturated heterocycles. The Kier molecular flexibility index (Phi) is 12.2. The maximum absolute atomic E-state index is 14.6. The van der Waals surface area contributed by atoms with Crippen molar-refractivity contribution in [3.8, 4) is 11.5 Å². The molecule has 54 heavy (non-hydrogen) atoms. The van der Waals surface area contributed by atoms with E-state index in [1.807, 2.05) is 39.0 Å². The largest absolute Gasteiger partial charge is 0.493 e. The molecule has 14 nitrogen and oxygen atoms in total. The number of ketones is 1. The summed E-state index contributed by atoms with van der Waals surface area (Å²) in [5, 5.41) is 8.51. The maximum Gasteiger partial charge on any atom is 0.328 e. The van der Waals surface area contributed by atoms with Crippen molar-refractivity contribution in [1.82, 2.24) is 15.1 Å². The predicted octanol–water partition coefficient (Wildman–Crippen LogP) is 5.45. The number of nitrogens with one attached hydrogen (secondary N) is 3. The lowest BCUT2D eigenvalue weighted by Crippen LogP contribution is -2.54. The first-order chi connectivity index (χ1) is 25.8. The molecule has 2 fully saturated rings. The van der Waals surface area contributed by atoms with Gasteiger partial charge in [-0.1, -0.05) is 50.2 Å². The van der Waals surface area contributed by atoms with E-state index in [-0.39, 0.29) is 56.8 Å². The highest BCUT2D eigenvalue weighted by molar-refractivity contribution is 6.10. The van der Waals surface area contributed by atoms with Gasteiger partial charge in [0, 0.05) is 30.8 Å². The van der Waals surface area contributed by atoms with E-state index in [4.69, 9.17) is 15.2 Å². The van der Waals surface area contributed by atoms with Crippen LogP contribution in [0.4, 0.5) is 21.0 Å². The van der Waals surface area contributed by atoms with E-state index in [0.717, 1.165) is 10.5 Å². The summed E-state index contributed by atoms with van der Waals surface area (Å²) in [6, 6.07) is 16.1. The molecule has 5 rings (SSSR count). The quantitative estimate of drug-likeness (QED) is 0.157. The number of hydrogen-bond donors (Lipinski definition) is 4. The van der Waals surface area contributed by atoms with Crippen molar-refractivity contribution in [2.75, 3.05) is 24.9 Å². The van der Waals surface area contributed by atoms with Gasteiger partial charge >= 0.3 is 12.1 Å². The van der Waals surface area contributed by atoms with Gasteiger partial charge < -0.3 is 36.1 Å². The van der Waals surface area contributed by atoms with E-state index in [1.54, 1.807) is 48.5 Å². The van der Waals surface area contributed by atoms with Crippen LogP contribution < -0.4 is 31.2 Å². The van der Waals surface area contributed by atoms with Gasteiger partial charge in [-0.15, -0.1) is 0 Å². The summed E-state index contributed by atoms with van der Waals surface area (Å²) in [7, 11) is 2.95. The number of imide groups is 1. The molecule has 1 spiro atoms. The van der Waals surface area contributed by atoms with Gasteiger partial charge in [-0.05, 0) is 79.1 Å². The second-order valence-electron chi connectivity index (χ2n) is 14.2. The minimum atomic E-state index is -1.33. The Morgan fingerprint density at radius 2 is 1.56 bits per heavy atom. The van der Waals surface area contributed by atoms with Crippen LogP contribution in [-0.2, 0) is 25.7 Å². The molecule has 1 aliphatic carbocycles. The second kappa shape index (κ2) is 16.8. The third-order valence-corrected chi connectivity index (χ3v) is 9.99. The molecule has 2 aliphatic rings. The molecule has 5 N–H and O–H groups in total. The van der Waals surface area contributed by atoms with E-state index in [0.29, 0.717) is 34.0 Å². The Balaban J connectivity index is 1.40. The van der Waals surface area contributed by atoms with Crippen molar-refractivity contribution >= 4 is 46.9 Å². The molecule has 3 aromatic carbocycles. The zero-order valence-electron chi connectivity index (χ0n) is 31.3. The van der Waals surface area contributed by atoms with Crippen molar-refractivity contribution in [2.24, 2.45) is 11.7 Å². The molecule has 0 radical (unpaired) electrons. The summed E-state index contributed by atoms with van der Waals surface area (Å²) in [4.78, 5) is 83.2. The molecule has 2 atom stereocenters. The number of nitrogens with two attached hydrogens (primary N) is 1. The lowest BCUT2D eigenvalue weighted by atomic mass is 9.79. The van der Waals surface area contributed by atoms with Gasteiger partial charge in [0.15, 0.2) is 11.5 Å². The number of benzene rings is 3. The molecule has 1 saturated carbocycles. The van der Waals surface area contributed by atoms with Gasteiger partial charge in [0.2, 0.25) is 11.8 Å². The number of primary amides is 1. The Morgan fingerprint density at radius 1 is 0.889 bits per heavy atom. The van der Waals surface area contributed by atoms with E-state index >= 15 is 0 Å². The van der Waals surface area contributed by atoms with Crippen molar-refractivity contribution in [2.45, 2.75) is 83.5 Å². The van der Waals surface area contributed by atoms with E-state index in [1.165, 1.54) is 19.1 Å². The fourth-order valence-electron chi connectivity index (χ4n) is 7.10. The number of carbonyl (C=O) groups excluding carboxylic acids is 6. The Bertz CT molecular complexity index is 1900. The topological polar surface area (TPSA) is 189 Å². The molecule has 286 valence electrons. The Morgan fingerprint density at radius 3 is 2.17 bits per heavy atom. The molecular weight excluding hydrogens is 692 g/mol. The third-order valence-electron chi connectivity index (χ3n) is 9.99. The first kappa shape index (κ1) is 39.3. The number of para-hydroxylation sites is 1. The summed E-state index contributed by atoms with van der Waals surface area (Å²) in [5.74, 6) is -1.13. The van der Waals surface area contributed by atoms with Crippen LogP contribution in [0, 0.1) is 12.8 Å². The molecular formula is C40H48N6O8. The number of urea groups is 2. The number of carbonyl (C=O) groups is 6. The van der Waals surface area contributed by atoms with Crippen LogP contribution in [0.5, 0.6) is 11.5 Å². The van der Waals surface area contributed by atoms with E-state index in [9.17, 15) is 28.8 Å². The van der Waals surface area contributed by atoms with Gasteiger partial charge in [-0.25, -0.2) is 14.5 Å². The van der Waals surface area contributed by atoms with Crippen LogP contribution in [0.15, 0.2) is 66.7 Å². The summed E-state index contributed by atoms with van der Waals surface area (Å²) >= 11 is 0. The fraction of sp³-hybridized carbons (Fsp3) is 0.400. The monoisotopic (exact) mass is 740 g/mol. The smallest absolute Gasteiger partial charge is 0.328 e. The molecule has 0 bridgehead atoms. The Hall–Kier alpha value is -5.92. The predicted molar refractivity (Wildman–Crippen MR) is 202 cm³/mol.